The average Bonchev–Trinajstić information content (AvgIpc) is 2.87. The summed E-state index contributed by atoms with van der Waals surface area (Å²) in [5, 5.41) is 13.1. The van der Waals surface area contributed by atoms with Crippen LogP contribution in [0.1, 0.15) is 36.6 Å². The maximum Gasteiger partial charge on any atom is 0.0838 e. The second kappa shape index (κ2) is 6.29. The molecule has 1 heterocycles. The van der Waals surface area contributed by atoms with Crippen LogP contribution >= 0.6 is 27.3 Å². The van der Waals surface area contributed by atoms with E-state index >= 15 is 0 Å². The summed E-state index contributed by atoms with van der Waals surface area (Å²) in [6, 6.07) is 12.1. The predicted octanol–water partition coefficient (Wildman–Crippen LogP) is 4.95. The number of halogens is 1. The van der Waals surface area contributed by atoms with Crippen LogP contribution in [0.25, 0.3) is 0 Å². The minimum Gasteiger partial charge on any atom is -0.394 e. The molecule has 108 valence electrons. The highest BCUT2D eigenvalue weighted by Crippen LogP contribution is 2.34. The molecule has 4 heteroatoms. The minimum atomic E-state index is -0.0743. The quantitative estimate of drug-likeness (QED) is 0.814. The lowest BCUT2D eigenvalue weighted by Gasteiger charge is -2.18. The van der Waals surface area contributed by atoms with Crippen molar-refractivity contribution in [3.63, 3.8) is 0 Å². The molecular weight excluding hydrogens is 334 g/mol. The predicted molar refractivity (Wildman–Crippen MR) is 90.6 cm³/mol. The second-order valence-corrected chi connectivity index (χ2v) is 7.78. The Morgan fingerprint density at radius 3 is 2.45 bits per heavy atom. The number of nitrogens with one attached hydrogen (secondary N) is 1. The van der Waals surface area contributed by atoms with Crippen LogP contribution in [0.4, 0.5) is 5.69 Å². The normalized spacial score (nSPS) is 13.2. The highest BCUT2D eigenvalue weighted by molar-refractivity contribution is 9.10. The van der Waals surface area contributed by atoms with Crippen molar-refractivity contribution < 1.29 is 5.11 Å². The van der Waals surface area contributed by atoms with Crippen molar-refractivity contribution in [3.8, 4) is 0 Å². The second-order valence-electron chi connectivity index (χ2n) is 5.81. The molecule has 2 nitrogen and oxygen atoms in total. The fraction of sp³-hybridized carbons (Fsp3) is 0.375. The number of anilines is 1. The lowest BCUT2D eigenvalue weighted by molar-refractivity contribution is 0.277. The van der Waals surface area contributed by atoms with Crippen LogP contribution in [0.5, 0.6) is 0 Å². The summed E-state index contributed by atoms with van der Waals surface area (Å²) in [7, 11) is 0. The van der Waals surface area contributed by atoms with Crippen molar-refractivity contribution >= 4 is 33.0 Å². The Balaban J connectivity index is 2.21. The third-order valence-corrected chi connectivity index (χ3v) is 5.41. The smallest absolute Gasteiger partial charge is 0.0838 e. The zero-order valence-corrected chi connectivity index (χ0v) is 14.4. The van der Waals surface area contributed by atoms with E-state index in [1.165, 1.54) is 4.88 Å². The summed E-state index contributed by atoms with van der Waals surface area (Å²) >= 11 is 5.28. The van der Waals surface area contributed by atoms with E-state index in [4.69, 9.17) is 0 Å². The molecule has 0 spiro atoms. The molecule has 1 atom stereocenters. The van der Waals surface area contributed by atoms with Gasteiger partial charge in [-0.15, -0.1) is 11.3 Å². The van der Waals surface area contributed by atoms with Gasteiger partial charge in [0.1, 0.15) is 0 Å². The van der Waals surface area contributed by atoms with E-state index in [0.717, 1.165) is 15.0 Å². The number of hydrogen-bond acceptors (Lipinski definition) is 3. The van der Waals surface area contributed by atoms with E-state index in [-0.39, 0.29) is 18.1 Å². The summed E-state index contributed by atoms with van der Waals surface area (Å²) in [6.07, 6.45) is 0. The fourth-order valence-electron chi connectivity index (χ4n) is 1.92. The van der Waals surface area contributed by atoms with E-state index in [9.17, 15) is 5.11 Å². The number of aliphatic hydroxyl groups excluding tert-OH is 1. The molecule has 0 saturated carbocycles. The zero-order chi connectivity index (χ0) is 14.8. The van der Waals surface area contributed by atoms with Gasteiger partial charge in [0.25, 0.3) is 0 Å². The van der Waals surface area contributed by atoms with Crippen molar-refractivity contribution in [1.29, 1.82) is 0 Å². The molecule has 2 N–H and O–H groups in total. The van der Waals surface area contributed by atoms with Crippen LogP contribution in [-0.4, -0.2) is 11.7 Å². The third kappa shape index (κ3) is 3.62. The van der Waals surface area contributed by atoms with Crippen LogP contribution in [0.2, 0.25) is 0 Å². The van der Waals surface area contributed by atoms with E-state index in [1.54, 1.807) is 11.3 Å². The first-order valence-electron chi connectivity index (χ1n) is 6.64. The topological polar surface area (TPSA) is 32.3 Å². The van der Waals surface area contributed by atoms with Gasteiger partial charge in [-0.25, -0.2) is 0 Å². The van der Waals surface area contributed by atoms with Gasteiger partial charge >= 0.3 is 0 Å². The Morgan fingerprint density at radius 2 is 1.90 bits per heavy atom. The lowest BCUT2D eigenvalue weighted by atomic mass is 9.95. The molecule has 0 aliphatic carbocycles. The van der Waals surface area contributed by atoms with Crippen LogP contribution in [0.15, 0.2) is 40.9 Å². The largest absolute Gasteiger partial charge is 0.394 e. The van der Waals surface area contributed by atoms with Crippen molar-refractivity contribution in [1.82, 2.24) is 0 Å². The third-order valence-electron chi connectivity index (χ3n) is 3.10. The van der Waals surface area contributed by atoms with E-state index in [1.807, 2.05) is 24.3 Å². The molecule has 0 aliphatic rings. The standard InChI is InChI=1S/C16H20BrNOS/c1-16(2,3)15-9-8-14(20-15)13(10-19)18-12-7-5-4-6-11(12)17/h4-9,13,18-19H,10H2,1-3H3. The maximum atomic E-state index is 9.67. The van der Waals surface area contributed by atoms with Crippen LogP contribution in [0, 0.1) is 0 Å². The molecule has 0 fully saturated rings. The van der Waals surface area contributed by atoms with Gasteiger partial charge in [-0.05, 0) is 45.6 Å². The summed E-state index contributed by atoms with van der Waals surface area (Å²) < 4.78 is 1.01. The number of aliphatic hydroxyl groups is 1. The Hall–Kier alpha value is -0.840. The Kier molecular flexibility index (Phi) is 4.89. The highest BCUT2D eigenvalue weighted by Gasteiger charge is 2.19. The van der Waals surface area contributed by atoms with Gasteiger partial charge in [-0.2, -0.15) is 0 Å². The fourth-order valence-corrected chi connectivity index (χ4v) is 3.42. The zero-order valence-electron chi connectivity index (χ0n) is 12.0. The number of benzene rings is 1. The molecule has 0 amide bonds. The molecule has 1 aromatic heterocycles. The minimum absolute atomic E-state index is 0.0743. The molecule has 2 rings (SSSR count). The molecule has 1 unspecified atom stereocenters. The number of para-hydroxylation sites is 1. The van der Waals surface area contributed by atoms with Crippen molar-refractivity contribution in [2.24, 2.45) is 0 Å². The van der Waals surface area contributed by atoms with Gasteiger partial charge < -0.3 is 10.4 Å². The van der Waals surface area contributed by atoms with Gasteiger partial charge in [-0.1, -0.05) is 32.9 Å². The molecule has 0 aliphatic heterocycles. The highest BCUT2D eigenvalue weighted by atomic mass is 79.9. The monoisotopic (exact) mass is 353 g/mol. The first-order valence-corrected chi connectivity index (χ1v) is 8.25. The number of hydrogen-bond donors (Lipinski definition) is 2. The van der Waals surface area contributed by atoms with Crippen LogP contribution in [-0.2, 0) is 5.41 Å². The van der Waals surface area contributed by atoms with E-state index < -0.39 is 0 Å². The maximum absolute atomic E-state index is 9.67. The molecule has 20 heavy (non-hydrogen) atoms. The molecular formula is C16H20BrNOS. The van der Waals surface area contributed by atoms with Gasteiger partial charge in [-0.3, -0.25) is 0 Å². The average molecular weight is 354 g/mol. The van der Waals surface area contributed by atoms with Crippen molar-refractivity contribution in [3.05, 3.63) is 50.6 Å². The van der Waals surface area contributed by atoms with Crippen LogP contribution in [0.3, 0.4) is 0 Å². The molecule has 0 saturated heterocycles. The van der Waals surface area contributed by atoms with Crippen molar-refractivity contribution in [2.75, 3.05) is 11.9 Å². The first kappa shape index (κ1) is 15.5. The van der Waals surface area contributed by atoms with Crippen LogP contribution < -0.4 is 5.32 Å². The van der Waals surface area contributed by atoms with E-state index in [0.29, 0.717) is 0 Å². The molecule has 0 bridgehead atoms. The van der Waals surface area contributed by atoms with Gasteiger partial charge in [0.05, 0.1) is 12.6 Å². The number of rotatable bonds is 4. The number of thiophene rings is 1. The van der Waals surface area contributed by atoms with Crippen molar-refractivity contribution in [2.45, 2.75) is 32.2 Å². The SMILES string of the molecule is CC(C)(C)c1ccc(C(CO)Nc2ccccc2Br)s1. The summed E-state index contributed by atoms with van der Waals surface area (Å²) in [4.78, 5) is 2.49. The van der Waals surface area contributed by atoms with E-state index in [2.05, 4.69) is 54.2 Å². The summed E-state index contributed by atoms with van der Waals surface area (Å²) in [5.41, 5.74) is 1.15. The first-order chi connectivity index (χ1) is 9.41. The Bertz CT molecular complexity index is 574. The summed E-state index contributed by atoms with van der Waals surface area (Å²) in [5.74, 6) is 0. The Labute approximate surface area is 133 Å². The molecule has 2 aromatic rings. The van der Waals surface area contributed by atoms with Gasteiger partial charge in [0.2, 0.25) is 0 Å². The van der Waals surface area contributed by atoms with Gasteiger partial charge in [0, 0.05) is 19.9 Å². The molecule has 0 radical (unpaired) electrons. The Morgan fingerprint density at radius 1 is 1.20 bits per heavy atom. The molecule has 1 aromatic carbocycles. The lowest BCUT2D eigenvalue weighted by Crippen LogP contribution is -2.14. The summed E-state index contributed by atoms with van der Waals surface area (Å²) in [6.45, 7) is 6.69. The van der Waals surface area contributed by atoms with Gasteiger partial charge in [0.15, 0.2) is 0 Å².